The number of nitrogens with zero attached hydrogens (tertiary/aromatic N) is 3. The molecule has 1 aliphatic rings. The molecule has 114 valence electrons. The summed E-state index contributed by atoms with van der Waals surface area (Å²) in [5, 5.41) is 12.4. The van der Waals surface area contributed by atoms with Crippen molar-refractivity contribution in [2.75, 3.05) is 24.6 Å². The van der Waals surface area contributed by atoms with Gasteiger partial charge in [-0.25, -0.2) is 4.98 Å². The van der Waals surface area contributed by atoms with Gasteiger partial charge in [0, 0.05) is 29.0 Å². The smallest absolute Gasteiger partial charge is 0.143 e. The third-order valence-electron chi connectivity index (χ3n) is 4.08. The molecule has 0 spiro atoms. The van der Waals surface area contributed by atoms with Crippen LogP contribution in [0.15, 0.2) is 47.8 Å². The highest BCUT2D eigenvalue weighted by molar-refractivity contribution is 7.10. The molecule has 3 heterocycles. The number of fused-ring (bicyclic) bond motifs is 1. The molecule has 23 heavy (non-hydrogen) atoms. The lowest BCUT2D eigenvalue weighted by Crippen LogP contribution is -2.38. The average Bonchev–Trinajstić information content (AvgIpc) is 3.15. The first-order valence-electron chi connectivity index (χ1n) is 7.55. The first-order valence-corrected chi connectivity index (χ1v) is 8.43. The zero-order chi connectivity index (χ0) is 15.6. The number of hydrogen-bond acceptors (Lipinski definition) is 5. The number of anilines is 1. The van der Waals surface area contributed by atoms with Crippen molar-refractivity contribution in [3.05, 3.63) is 58.4 Å². The summed E-state index contributed by atoms with van der Waals surface area (Å²) in [6.07, 6.45) is 0.0845. The molecule has 0 N–H and O–H groups in total. The Labute approximate surface area is 138 Å². The minimum absolute atomic E-state index is 0.0845. The van der Waals surface area contributed by atoms with E-state index < -0.39 is 0 Å². The van der Waals surface area contributed by atoms with Crippen molar-refractivity contribution in [1.82, 2.24) is 4.98 Å². The van der Waals surface area contributed by atoms with Crippen molar-refractivity contribution in [1.29, 1.82) is 5.26 Å². The number of aromatic nitrogens is 1. The van der Waals surface area contributed by atoms with Gasteiger partial charge in [0.2, 0.25) is 0 Å². The molecule has 3 aromatic rings. The van der Waals surface area contributed by atoms with Crippen molar-refractivity contribution in [3.63, 3.8) is 0 Å². The van der Waals surface area contributed by atoms with Gasteiger partial charge in [-0.3, -0.25) is 0 Å². The fourth-order valence-electron chi connectivity index (χ4n) is 2.99. The quantitative estimate of drug-likeness (QED) is 0.721. The van der Waals surface area contributed by atoms with Gasteiger partial charge in [-0.15, -0.1) is 11.3 Å². The molecule has 5 heteroatoms. The van der Waals surface area contributed by atoms with E-state index in [-0.39, 0.29) is 6.10 Å². The average molecular weight is 321 g/mol. The highest BCUT2D eigenvalue weighted by Gasteiger charge is 2.24. The lowest BCUT2D eigenvalue weighted by atomic mass is 10.1. The predicted molar refractivity (Wildman–Crippen MR) is 91.7 cm³/mol. The van der Waals surface area contributed by atoms with Gasteiger partial charge >= 0.3 is 0 Å². The van der Waals surface area contributed by atoms with E-state index in [1.807, 2.05) is 24.3 Å². The van der Waals surface area contributed by atoms with Crippen LogP contribution in [0.2, 0.25) is 0 Å². The molecule has 1 aliphatic heterocycles. The molecule has 1 unspecified atom stereocenters. The Bertz CT molecular complexity index is 870. The van der Waals surface area contributed by atoms with Gasteiger partial charge in [0.25, 0.3) is 0 Å². The van der Waals surface area contributed by atoms with Crippen LogP contribution in [0.1, 0.15) is 16.7 Å². The summed E-state index contributed by atoms with van der Waals surface area (Å²) >= 11 is 1.72. The molecule has 2 aromatic heterocycles. The maximum Gasteiger partial charge on any atom is 0.143 e. The van der Waals surface area contributed by atoms with Crippen molar-refractivity contribution < 1.29 is 4.74 Å². The number of morpholine rings is 1. The third-order valence-corrected chi connectivity index (χ3v) is 5.04. The van der Waals surface area contributed by atoms with Crippen LogP contribution >= 0.6 is 11.3 Å². The van der Waals surface area contributed by atoms with Gasteiger partial charge in [0.05, 0.1) is 12.1 Å². The molecule has 0 amide bonds. The van der Waals surface area contributed by atoms with Crippen LogP contribution in [0, 0.1) is 11.3 Å². The van der Waals surface area contributed by atoms with E-state index in [0.29, 0.717) is 12.3 Å². The second-order valence-electron chi connectivity index (χ2n) is 5.48. The lowest BCUT2D eigenvalue weighted by molar-refractivity contribution is 0.0422. The van der Waals surface area contributed by atoms with Crippen molar-refractivity contribution in [2.45, 2.75) is 6.10 Å². The number of nitriles is 1. The van der Waals surface area contributed by atoms with Crippen molar-refractivity contribution >= 4 is 27.9 Å². The summed E-state index contributed by atoms with van der Waals surface area (Å²) in [5.74, 6) is 0. The molecule has 0 aliphatic carbocycles. The number of rotatable bonds is 2. The van der Waals surface area contributed by atoms with E-state index >= 15 is 0 Å². The number of para-hydroxylation sites is 1. The van der Waals surface area contributed by atoms with Crippen molar-refractivity contribution in [3.8, 4) is 6.07 Å². The molecule has 4 rings (SSSR count). The zero-order valence-electron chi connectivity index (χ0n) is 12.5. The van der Waals surface area contributed by atoms with Gasteiger partial charge in [0.1, 0.15) is 17.9 Å². The third kappa shape index (κ3) is 2.67. The van der Waals surface area contributed by atoms with E-state index in [4.69, 9.17) is 4.74 Å². The molecule has 0 saturated carbocycles. The van der Waals surface area contributed by atoms with Gasteiger partial charge in [-0.2, -0.15) is 5.26 Å². The van der Waals surface area contributed by atoms with E-state index in [9.17, 15) is 5.26 Å². The predicted octanol–water partition coefficient (Wildman–Crippen LogP) is 3.75. The van der Waals surface area contributed by atoms with E-state index in [1.165, 1.54) is 4.88 Å². The number of ether oxygens (including phenoxy) is 1. The van der Waals surface area contributed by atoms with Crippen LogP contribution in [0.3, 0.4) is 0 Å². The SMILES string of the molecule is N#Cc1cc(N2CCOC(c3cccs3)C2)c2ccccc2n1. The van der Waals surface area contributed by atoms with E-state index in [1.54, 1.807) is 11.3 Å². The minimum atomic E-state index is 0.0845. The number of pyridine rings is 1. The van der Waals surface area contributed by atoms with Crippen LogP contribution in [0.4, 0.5) is 5.69 Å². The maximum atomic E-state index is 9.27. The number of thiophene rings is 1. The van der Waals surface area contributed by atoms with E-state index in [2.05, 4.69) is 39.5 Å². The first-order chi connectivity index (χ1) is 11.3. The standard InChI is InChI=1S/C18H15N3OS/c19-11-13-10-16(14-4-1-2-5-15(14)20-13)21-7-8-22-17(12-21)18-6-3-9-23-18/h1-6,9-10,17H,7-8,12H2. The zero-order valence-corrected chi connectivity index (χ0v) is 13.3. The molecule has 0 bridgehead atoms. The number of hydrogen-bond donors (Lipinski definition) is 0. The molecular weight excluding hydrogens is 306 g/mol. The highest BCUT2D eigenvalue weighted by atomic mass is 32.1. The second kappa shape index (κ2) is 5.99. The molecular formula is C18H15N3OS. The van der Waals surface area contributed by atoms with Crippen LogP contribution in [0.5, 0.6) is 0 Å². The fourth-order valence-corrected chi connectivity index (χ4v) is 3.76. The largest absolute Gasteiger partial charge is 0.369 e. The Morgan fingerprint density at radius 1 is 1.26 bits per heavy atom. The summed E-state index contributed by atoms with van der Waals surface area (Å²) < 4.78 is 5.93. The second-order valence-corrected chi connectivity index (χ2v) is 6.46. The van der Waals surface area contributed by atoms with Crippen molar-refractivity contribution in [2.24, 2.45) is 0 Å². The summed E-state index contributed by atoms with van der Waals surface area (Å²) in [7, 11) is 0. The van der Waals surface area contributed by atoms with Gasteiger partial charge < -0.3 is 9.64 Å². The lowest BCUT2D eigenvalue weighted by Gasteiger charge is -2.34. The summed E-state index contributed by atoms with van der Waals surface area (Å²) in [6.45, 7) is 2.29. The van der Waals surface area contributed by atoms with Crippen LogP contribution in [-0.4, -0.2) is 24.7 Å². The molecule has 0 radical (unpaired) electrons. The fraction of sp³-hybridized carbons (Fsp3) is 0.222. The Morgan fingerprint density at radius 3 is 3.00 bits per heavy atom. The summed E-state index contributed by atoms with van der Waals surface area (Å²) in [6, 6.07) is 16.2. The van der Waals surface area contributed by atoms with Crippen LogP contribution < -0.4 is 4.90 Å². The Hall–Kier alpha value is -2.42. The van der Waals surface area contributed by atoms with Crippen LogP contribution in [0.25, 0.3) is 10.9 Å². The Kier molecular flexibility index (Phi) is 3.70. The molecule has 1 saturated heterocycles. The Balaban J connectivity index is 1.75. The van der Waals surface area contributed by atoms with Crippen LogP contribution in [-0.2, 0) is 4.74 Å². The maximum absolute atomic E-state index is 9.27. The van der Waals surface area contributed by atoms with Gasteiger partial charge in [-0.05, 0) is 23.6 Å². The highest BCUT2D eigenvalue weighted by Crippen LogP contribution is 2.32. The summed E-state index contributed by atoms with van der Waals surface area (Å²) in [5.41, 5.74) is 2.38. The molecule has 1 fully saturated rings. The van der Waals surface area contributed by atoms with E-state index in [0.717, 1.165) is 29.7 Å². The monoisotopic (exact) mass is 321 g/mol. The number of benzene rings is 1. The first kappa shape index (κ1) is 14.2. The molecule has 1 aromatic carbocycles. The minimum Gasteiger partial charge on any atom is -0.369 e. The topological polar surface area (TPSA) is 49.2 Å². The van der Waals surface area contributed by atoms with Gasteiger partial charge in [-0.1, -0.05) is 24.3 Å². The van der Waals surface area contributed by atoms with Gasteiger partial charge in [0.15, 0.2) is 0 Å². The summed E-state index contributed by atoms with van der Waals surface area (Å²) in [4.78, 5) is 7.95. The normalized spacial score (nSPS) is 18.0. The Morgan fingerprint density at radius 2 is 2.17 bits per heavy atom. The molecule has 4 nitrogen and oxygen atoms in total. The molecule has 1 atom stereocenters.